The third-order valence-corrected chi connectivity index (χ3v) is 3.44. The lowest BCUT2D eigenvalue weighted by atomic mass is 10.2. The first-order valence-corrected chi connectivity index (χ1v) is 7.83. The minimum absolute atomic E-state index is 0.192. The molecular formula is C18H18FN5O. The van der Waals surface area contributed by atoms with Gasteiger partial charge in [0.15, 0.2) is 11.6 Å². The van der Waals surface area contributed by atoms with E-state index in [1.54, 1.807) is 30.6 Å². The Bertz CT molecular complexity index is 857. The second kappa shape index (κ2) is 7.57. The minimum Gasteiger partial charge on any atom is -0.494 e. The molecule has 0 saturated heterocycles. The molecule has 0 amide bonds. The van der Waals surface area contributed by atoms with Gasteiger partial charge in [-0.05, 0) is 31.2 Å². The van der Waals surface area contributed by atoms with Crippen LogP contribution in [0.1, 0.15) is 6.92 Å². The van der Waals surface area contributed by atoms with Crippen molar-refractivity contribution in [2.45, 2.75) is 6.92 Å². The van der Waals surface area contributed by atoms with Gasteiger partial charge in [0, 0.05) is 42.3 Å². The van der Waals surface area contributed by atoms with Gasteiger partial charge in [-0.15, -0.1) is 0 Å². The molecular weight excluding hydrogens is 321 g/mol. The smallest absolute Gasteiger partial charge is 0.225 e. The van der Waals surface area contributed by atoms with E-state index >= 15 is 0 Å². The SMILES string of the molecule is CCNc1nc(Nc2ccc(OC)c(F)c2)cc(-c2cccnc2)n1. The Morgan fingerprint density at radius 3 is 2.72 bits per heavy atom. The number of nitrogens with zero attached hydrogens (tertiary/aromatic N) is 3. The molecule has 0 aliphatic carbocycles. The Balaban J connectivity index is 1.95. The standard InChI is InChI=1S/C18H18FN5O/c1-3-21-18-23-15(12-5-4-8-20-11-12)10-17(24-18)22-13-6-7-16(25-2)14(19)9-13/h4-11H,3H2,1-2H3,(H2,21,22,23,24). The lowest BCUT2D eigenvalue weighted by Crippen LogP contribution is -2.05. The zero-order chi connectivity index (χ0) is 17.6. The summed E-state index contributed by atoms with van der Waals surface area (Å²) in [6, 6.07) is 10.2. The number of aromatic nitrogens is 3. The summed E-state index contributed by atoms with van der Waals surface area (Å²) < 4.78 is 18.8. The quantitative estimate of drug-likeness (QED) is 0.710. The van der Waals surface area contributed by atoms with Crippen molar-refractivity contribution in [3.63, 3.8) is 0 Å². The van der Waals surface area contributed by atoms with Crippen LogP contribution in [0.25, 0.3) is 11.3 Å². The van der Waals surface area contributed by atoms with Gasteiger partial charge in [0.25, 0.3) is 0 Å². The molecule has 0 aliphatic heterocycles. The molecule has 3 aromatic rings. The molecule has 128 valence electrons. The summed E-state index contributed by atoms with van der Waals surface area (Å²) >= 11 is 0. The van der Waals surface area contributed by atoms with Crippen molar-refractivity contribution < 1.29 is 9.13 Å². The number of anilines is 3. The van der Waals surface area contributed by atoms with Crippen molar-refractivity contribution in [2.24, 2.45) is 0 Å². The maximum atomic E-state index is 13.9. The zero-order valence-electron chi connectivity index (χ0n) is 14.0. The Kier molecular flexibility index (Phi) is 5.03. The highest BCUT2D eigenvalue weighted by atomic mass is 19.1. The number of pyridine rings is 1. The number of nitrogens with one attached hydrogen (secondary N) is 2. The summed E-state index contributed by atoms with van der Waals surface area (Å²) in [4.78, 5) is 13.0. The van der Waals surface area contributed by atoms with E-state index in [0.29, 0.717) is 24.0 Å². The topological polar surface area (TPSA) is 72.0 Å². The Labute approximate surface area is 145 Å². The Morgan fingerprint density at radius 2 is 2.04 bits per heavy atom. The van der Waals surface area contributed by atoms with Crippen molar-refractivity contribution in [1.82, 2.24) is 15.0 Å². The maximum Gasteiger partial charge on any atom is 0.225 e. The zero-order valence-corrected chi connectivity index (χ0v) is 14.0. The molecule has 0 aliphatic rings. The molecule has 0 spiro atoms. The number of benzene rings is 1. The predicted molar refractivity (Wildman–Crippen MR) is 95.7 cm³/mol. The molecule has 0 bridgehead atoms. The van der Waals surface area contributed by atoms with Crippen LogP contribution in [0.15, 0.2) is 48.8 Å². The molecule has 0 unspecified atom stereocenters. The van der Waals surface area contributed by atoms with Crippen LogP contribution in [0.4, 0.5) is 21.8 Å². The van der Waals surface area contributed by atoms with Gasteiger partial charge in [0.1, 0.15) is 5.82 Å². The molecule has 2 N–H and O–H groups in total. The molecule has 0 atom stereocenters. The fourth-order valence-corrected chi connectivity index (χ4v) is 2.30. The molecule has 25 heavy (non-hydrogen) atoms. The molecule has 0 saturated carbocycles. The third kappa shape index (κ3) is 4.00. The van der Waals surface area contributed by atoms with E-state index < -0.39 is 5.82 Å². The summed E-state index contributed by atoms with van der Waals surface area (Å²) in [5.41, 5.74) is 2.15. The van der Waals surface area contributed by atoms with Gasteiger partial charge < -0.3 is 15.4 Å². The fraction of sp³-hybridized carbons (Fsp3) is 0.167. The van der Waals surface area contributed by atoms with Crippen LogP contribution >= 0.6 is 0 Å². The third-order valence-electron chi connectivity index (χ3n) is 3.44. The fourth-order valence-electron chi connectivity index (χ4n) is 2.30. The van der Waals surface area contributed by atoms with Gasteiger partial charge in [0.2, 0.25) is 5.95 Å². The van der Waals surface area contributed by atoms with Crippen molar-refractivity contribution in [3.05, 3.63) is 54.6 Å². The van der Waals surface area contributed by atoms with Gasteiger partial charge in [0.05, 0.1) is 12.8 Å². The number of hydrogen-bond acceptors (Lipinski definition) is 6. The van der Waals surface area contributed by atoms with E-state index in [1.165, 1.54) is 13.2 Å². The highest BCUT2D eigenvalue weighted by molar-refractivity contribution is 5.67. The molecule has 6 nitrogen and oxygen atoms in total. The van der Waals surface area contributed by atoms with Crippen LogP contribution in [0.2, 0.25) is 0 Å². The van der Waals surface area contributed by atoms with E-state index in [2.05, 4.69) is 25.6 Å². The summed E-state index contributed by atoms with van der Waals surface area (Å²) in [7, 11) is 1.43. The maximum absolute atomic E-state index is 13.9. The summed E-state index contributed by atoms with van der Waals surface area (Å²) in [6.07, 6.45) is 3.43. The summed E-state index contributed by atoms with van der Waals surface area (Å²) in [5, 5.41) is 6.19. The van der Waals surface area contributed by atoms with Crippen LogP contribution in [-0.2, 0) is 0 Å². The molecule has 0 radical (unpaired) electrons. The predicted octanol–water partition coefficient (Wildman–Crippen LogP) is 3.86. The monoisotopic (exact) mass is 339 g/mol. The van der Waals surface area contributed by atoms with Gasteiger partial charge in [-0.2, -0.15) is 4.98 Å². The van der Waals surface area contributed by atoms with E-state index in [9.17, 15) is 4.39 Å². The normalized spacial score (nSPS) is 10.4. The van der Waals surface area contributed by atoms with Crippen molar-refractivity contribution in [1.29, 1.82) is 0 Å². The minimum atomic E-state index is -0.444. The van der Waals surface area contributed by atoms with Crippen LogP contribution in [0, 0.1) is 5.82 Å². The van der Waals surface area contributed by atoms with Crippen molar-refractivity contribution in [2.75, 3.05) is 24.3 Å². The highest BCUT2D eigenvalue weighted by Crippen LogP contribution is 2.25. The van der Waals surface area contributed by atoms with E-state index in [1.807, 2.05) is 19.1 Å². The van der Waals surface area contributed by atoms with Gasteiger partial charge >= 0.3 is 0 Å². The second-order valence-electron chi connectivity index (χ2n) is 5.21. The van der Waals surface area contributed by atoms with Crippen LogP contribution in [0.5, 0.6) is 5.75 Å². The first-order chi connectivity index (χ1) is 12.2. The molecule has 1 aromatic carbocycles. The van der Waals surface area contributed by atoms with E-state index in [4.69, 9.17) is 4.74 Å². The van der Waals surface area contributed by atoms with E-state index in [0.717, 1.165) is 11.3 Å². The molecule has 2 aromatic heterocycles. The lowest BCUT2D eigenvalue weighted by Gasteiger charge is -2.11. The molecule has 3 rings (SSSR count). The number of ether oxygens (including phenoxy) is 1. The average molecular weight is 339 g/mol. The molecule has 7 heteroatoms. The lowest BCUT2D eigenvalue weighted by molar-refractivity contribution is 0.386. The summed E-state index contributed by atoms with van der Waals surface area (Å²) in [5.74, 6) is 0.785. The number of methoxy groups -OCH3 is 1. The van der Waals surface area contributed by atoms with Gasteiger partial charge in [-0.3, -0.25) is 4.98 Å². The molecule has 2 heterocycles. The first kappa shape index (κ1) is 16.6. The van der Waals surface area contributed by atoms with E-state index in [-0.39, 0.29) is 5.75 Å². The Hall–Kier alpha value is -3.22. The van der Waals surface area contributed by atoms with Gasteiger partial charge in [-0.25, -0.2) is 9.37 Å². The number of halogens is 1. The Morgan fingerprint density at radius 1 is 1.16 bits per heavy atom. The van der Waals surface area contributed by atoms with Crippen molar-refractivity contribution >= 4 is 17.5 Å². The average Bonchev–Trinajstić information content (AvgIpc) is 2.63. The van der Waals surface area contributed by atoms with Crippen LogP contribution in [0.3, 0.4) is 0 Å². The largest absolute Gasteiger partial charge is 0.494 e. The van der Waals surface area contributed by atoms with Crippen LogP contribution in [-0.4, -0.2) is 28.6 Å². The number of hydrogen-bond donors (Lipinski definition) is 2. The van der Waals surface area contributed by atoms with Gasteiger partial charge in [-0.1, -0.05) is 0 Å². The van der Waals surface area contributed by atoms with Crippen molar-refractivity contribution in [3.8, 4) is 17.0 Å². The second-order valence-corrected chi connectivity index (χ2v) is 5.21. The number of rotatable bonds is 6. The summed E-state index contributed by atoms with van der Waals surface area (Å²) in [6.45, 7) is 2.65. The highest BCUT2D eigenvalue weighted by Gasteiger charge is 2.09. The molecule has 0 fully saturated rings. The van der Waals surface area contributed by atoms with Crippen LogP contribution < -0.4 is 15.4 Å². The first-order valence-electron chi connectivity index (χ1n) is 7.83.